The largest absolute Gasteiger partial charge is 0.508 e. The number of carbonyl (C=O) groups is 1. The monoisotopic (exact) mass is 547 g/mol. The molecule has 5 rings (SSSR count). The molecule has 1 aliphatic rings. The number of para-hydroxylation sites is 1. The van der Waals surface area contributed by atoms with Crippen LogP contribution < -0.4 is 4.90 Å². The maximum atomic E-state index is 14.2. The zero-order chi connectivity index (χ0) is 27.7. The summed E-state index contributed by atoms with van der Waals surface area (Å²) in [6.07, 6.45) is -0.672. The first-order chi connectivity index (χ1) is 18.6. The summed E-state index contributed by atoms with van der Waals surface area (Å²) in [6.45, 7) is 0. The van der Waals surface area contributed by atoms with Gasteiger partial charge in [0.2, 0.25) is 5.91 Å². The van der Waals surface area contributed by atoms with E-state index in [1.54, 1.807) is 59.5 Å². The summed E-state index contributed by atoms with van der Waals surface area (Å²) in [5.74, 6) is -1.34. The van der Waals surface area contributed by atoms with Crippen molar-refractivity contribution in [3.05, 3.63) is 114 Å². The van der Waals surface area contributed by atoms with Crippen molar-refractivity contribution < 1.29 is 32.4 Å². The average molecular weight is 548 g/mol. The number of aromatic hydroxyl groups is 1. The molecule has 1 fully saturated rings. The van der Waals surface area contributed by atoms with Crippen LogP contribution in [-0.2, 0) is 14.9 Å². The van der Waals surface area contributed by atoms with E-state index in [2.05, 4.69) is 0 Å². The van der Waals surface area contributed by atoms with Crippen molar-refractivity contribution in [2.45, 2.75) is 29.9 Å². The summed E-state index contributed by atoms with van der Waals surface area (Å²) in [6, 6.07) is 25.0. The molecule has 4 aromatic rings. The van der Waals surface area contributed by atoms with E-state index < -0.39 is 34.0 Å². The lowest BCUT2D eigenvalue weighted by molar-refractivity contribution is -0.131. The van der Waals surface area contributed by atoms with Gasteiger partial charge < -0.3 is 15.1 Å². The minimum atomic E-state index is -4.40. The van der Waals surface area contributed by atoms with Crippen LogP contribution in [0.15, 0.2) is 102 Å². The summed E-state index contributed by atoms with van der Waals surface area (Å²) >= 11 is 0. The number of anilines is 1. The predicted octanol–water partition coefficient (Wildman–Crippen LogP) is 5.66. The molecule has 1 aliphatic heterocycles. The van der Waals surface area contributed by atoms with E-state index in [0.29, 0.717) is 22.4 Å². The number of β-lactam (4-membered cyclic amide) rings is 1. The van der Waals surface area contributed by atoms with Crippen molar-refractivity contribution in [1.29, 1.82) is 0 Å². The molecule has 1 saturated heterocycles. The summed E-state index contributed by atoms with van der Waals surface area (Å²) in [4.78, 5) is 14.6. The number of aliphatic hydroxyl groups excluding tert-OH is 1. The van der Waals surface area contributed by atoms with Crippen LogP contribution in [-0.4, -0.2) is 29.1 Å². The summed E-state index contributed by atoms with van der Waals surface area (Å²) in [5, 5.41) is 21.7. The number of amides is 1. The number of halogens is 1. The highest BCUT2D eigenvalue weighted by molar-refractivity contribution is 7.85. The molecule has 7 nitrogen and oxygen atoms in total. The van der Waals surface area contributed by atoms with Gasteiger partial charge in [0.05, 0.1) is 23.0 Å². The lowest BCUT2D eigenvalue weighted by Gasteiger charge is -2.48. The van der Waals surface area contributed by atoms with Crippen LogP contribution in [0.4, 0.5) is 10.1 Å². The van der Waals surface area contributed by atoms with Gasteiger partial charge in [0.15, 0.2) is 0 Å². The second kappa shape index (κ2) is 10.6. The average Bonchev–Trinajstić information content (AvgIpc) is 2.92. The minimum absolute atomic E-state index is 0.0946. The molecule has 3 atom stereocenters. The zero-order valence-corrected chi connectivity index (χ0v) is 21.5. The van der Waals surface area contributed by atoms with E-state index in [-0.39, 0.29) is 35.0 Å². The van der Waals surface area contributed by atoms with Gasteiger partial charge in [-0.1, -0.05) is 60.7 Å². The normalized spacial score (nSPS) is 18.0. The van der Waals surface area contributed by atoms with Gasteiger partial charge in [-0.25, -0.2) is 4.39 Å². The molecule has 0 bridgehead atoms. The Balaban J connectivity index is 1.45. The Morgan fingerprint density at radius 1 is 0.872 bits per heavy atom. The van der Waals surface area contributed by atoms with Gasteiger partial charge in [-0.3, -0.25) is 9.35 Å². The Bertz CT molecular complexity index is 1630. The second-order valence-corrected chi connectivity index (χ2v) is 10.9. The third-order valence-electron chi connectivity index (χ3n) is 7.08. The summed E-state index contributed by atoms with van der Waals surface area (Å²) in [5.41, 5.74) is 2.30. The van der Waals surface area contributed by atoms with Crippen molar-refractivity contribution in [3.8, 4) is 16.9 Å². The molecule has 39 heavy (non-hydrogen) atoms. The highest BCUT2D eigenvalue weighted by atomic mass is 32.2. The fourth-order valence-corrected chi connectivity index (χ4v) is 5.64. The maximum absolute atomic E-state index is 14.2. The van der Waals surface area contributed by atoms with Gasteiger partial charge in [-0.05, 0) is 60.4 Å². The first-order valence-electron chi connectivity index (χ1n) is 12.4. The molecule has 0 unspecified atom stereocenters. The number of carbonyl (C=O) groups excluding carboxylic acids is 1. The van der Waals surface area contributed by atoms with E-state index in [1.165, 1.54) is 36.4 Å². The van der Waals surface area contributed by atoms with E-state index in [9.17, 15) is 32.4 Å². The molecular formula is C30H26FNO6S. The Kier molecular flexibility index (Phi) is 7.22. The quantitative estimate of drug-likeness (QED) is 0.194. The van der Waals surface area contributed by atoms with Crippen molar-refractivity contribution in [2.24, 2.45) is 5.92 Å². The molecule has 1 heterocycles. The molecular weight excluding hydrogens is 521 g/mol. The maximum Gasteiger partial charge on any atom is 0.294 e. The molecule has 9 heteroatoms. The first kappa shape index (κ1) is 26.6. The van der Waals surface area contributed by atoms with Crippen LogP contribution >= 0.6 is 0 Å². The van der Waals surface area contributed by atoms with E-state index in [1.807, 2.05) is 6.07 Å². The first-order valence-corrected chi connectivity index (χ1v) is 13.8. The van der Waals surface area contributed by atoms with E-state index in [4.69, 9.17) is 0 Å². The third kappa shape index (κ3) is 5.29. The molecule has 0 radical (unpaired) electrons. The van der Waals surface area contributed by atoms with E-state index in [0.717, 1.165) is 0 Å². The Hall–Kier alpha value is -4.05. The van der Waals surface area contributed by atoms with Gasteiger partial charge in [0, 0.05) is 16.8 Å². The van der Waals surface area contributed by atoms with Crippen molar-refractivity contribution in [2.75, 3.05) is 4.90 Å². The van der Waals surface area contributed by atoms with Crippen molar-refractivity contribution >= 4 is 21.7 Å². The fraction of sp³-hybridized carbons (Fsp3) is 0.167. The predicted molar refractivity (Wildman–Crippen MR) is 144 cm³/mol. The minimum Gasteiger partial charge on any atom is -0.508 e. The highest BCUT2D eigenvalue weighted by Crippen LogP contribution is 2.49. The number of rotatable bonds is 8. The van der Waals surface area contributed by atoms with Crippen LogP contribution in [0.25, 0.3) is 11.1 Å². The molecule has 0 saturated carbocycles. The molecule has 4 aromatic carbocycles. The Labute approximate surface area is 225 Å². The molecule has 200 valence electrons. The number of phenols is 1. The van der Waals surface area contributed by atoms with Gasteiger partial charge in [-0.2, -0.15) is 8.42 Å². The Morgan fingerprint density at radius 3 is 2.26 bits per heavy atom. The van der Waals surface area contributed by atoms with Crippen LogP contribution in [0.5, 0.6) is 5.75 Å². The number of phenolic OH excluding ortho intramolecular Hbond substituents is 1. The van der Waals surface area contributed by atoms with Gasteiger partial charge >= 0.3 is 0 Å². The van der Waals surface area contributed by atoms with Crippen LogP contribution in [0.2, 0.25) is 0 Å². The second-order valence-electron chi connectivity index (χ2n) is 9.49. The molecule has 3 N–H and O–H groups in total. The Morgan fingerprint density at radius 2 is 1.56 bits per heavy atom. The molecule has 0 aromatic heterocycles. The SMILES string of the molecule is O=C1[C@H](CC[C@H](O)c2ccccc2F)[C@@H](c2ccc(-c3cccc(S(=O)(=O)O)c3)cc2O)N1c1ccccc1. The zero-order valence-electron chi connectivity index (χ0n) is 20.7. The number of aliphatic hydroxyl groups is 1. The number of benzene rings is 4. The van der Waals surface area contributed by atoms with Gasteiger partial charge in [0.25, 0.3) is 10.1 Å². The van der Waals surface area contributed by atoms with Crippen LogP contribution in [0, 0.1) is 11.7 Å². The summed E-state index contributed by atoms with van der Waals surface area (Å²) in [7, 11) is -4.40. The lowest BCUT2D eigenvalue weighted by atomic mass is 9.77. The van der Waals surface area contributed by atoms with Crippen molar-refractivity contribution in [1.82, 2.24) is 0 Å². The van der Waals surface area contributed by atoms with Gasteiger partial charge in [0.1, 0.15) is 11.6 Å². The smallest absolute Gasteiger partial charge is 0.294 e. The topological polar surface area (TPSA) is 115 Å². The summed E-state index contributed by atoms with van der Waals surface area (Å²) < 4.78 is 46.7. The van der Waals surface area contributed by atoms with Gasteiger partial charge in [-0.15, -0.1) is 0 Å². The number of nitrogens with zero attached hydrogens (tertiary/aromatic N) is 1. The van der Waals surface area contributed by atoms with Crippen LogP contribution in [0.3, 0.4) is 0 Å². The van der Waals surface area contributed by atoms with Crippen molar-refractivity contribution in [3.63, 3.8) is 0 Å². The van der Waals surface area contributed by atoms with Crippen LogP contribution in [0.1, 0.15) is 36.1 Å². The van der Waals surface area contributed by atoms with E-state index >= 15 is 0 Å². The highest BCUT2D eigenvalue weighted by Gasteiger charge is 2.49. The fourth-order valence-electron chi connectivity index (χ4n) is 5.11. The molecule has 1 amide bonds. The number of hydrogen-bond donors (Lipinski definition) is 3. The lowest BCUT2D eigenvalue weighted by Crippen LogP contribution is -2.55. The standard InChI is InChI=1S/C30H26FNO6S/c31-26-12-5-4-11-23(26)27(33)16-15-25-29(32(30(25)35)21-8-2-1-3-9-21)24-14-13-20(18-28(24)34)19-7-6-10-22(17-19)39(36,37)38/h1-14,17-18,25,27,29,33-34H,15-16H2,(H,36,37,38)/t25-,27+,29-/m1/s1. The molecule has 0 aliphatic carbocycles. The number of hydrogen-bond acceptors (Lipinski definition) is 5. The third-order valence-corrected chi connectivity index (χ3v) is 7.93. The molecule has 0 spiro atoms.